The Hall–Kier alpha value is -1.32. The van der Waals surface area contributed by atoms with Gasteiger partial charge in [0.2, 0.25) is 0 Å². The van der Waals surface area contributed by atoms with E-state index in [0.29, 0.717) is 0 Å². The van der Waals surface area contributed by atoms with E-state index in [1.807, 2.05) is 0 Å². The van der Waals surface area contributed by atoms with Gasteiger partial charge in [-0.05, 0) is 44.0 Å². The molecule has 2 aromatic rings. The highest BCUT2D eigenvalue weighted by atomic mass is 15.1. The van der Waals surface area contributed by atoms with Crippen molar-refractivity contribution in [3.8, 4) is 0 Å². The molecule has 0 aliphatic rings. The van der Waals surface area contributed by atoms with E-state index in [1.165, 1.54) is 29.3 Å². The number of fused-ring (bicyclic) bond motifs is 1. The maximum absolute atomic E-state index is 6.36. The zero-order chi connectivity index (χ0) is 14.4. The summed E-state index contributed by atoms with van der Waals surface area (Å²) < 4.78 is 0. The number of hydrogen-bond acceptors (Lipinski definition) is 2. The van der Waals surface area contributed by atoms with Crippen LogP contribution in [0, 0.1) is 0 Å². The quantitative estimate of drug-likeness (QED) is 0.776. The average Bonchev–Trinajstić information content (AvgIpc) is 2.83. The summed E-state index contributed by atoms with van der Waals surface area (Å²) in [6, 6.07) is 8.64. The summed E-state index contributed by atoms with van der Waals surface area (Å²) in [5, 5.41) is 1.31. The first-order valence-electron chi connectivity index (χ1n) is 7.77. The molecule has 3 N–H and O–H groups in total. The Balaban J connectivity index is 1.98. The van der Waals surface area contributed by atoms with Crippen LogP contribution in [0.4, 0.5) is 0 Å². The van der Waals surface area contributed by atoms with E-state index in [0.717, 1.165) is 26.1 Å². The molecule has 110 valence electrons. The van der Waals surface area contributed by atoms with Crippen molar-refractivity contribution in [1.82, 2.24) is 9.88 Å². The lowest BCUT2D eigenvalue weighted by Gasteiger charge is -2.24. The van der Waals surface area contributed by atoms with E-state index in [2.05, 4.69) is 54.2 Å². The van der Waals surface area contributed by atoms with E-state index in [-0.39, 0.29) is 6.04 Å². The number of nitrogens with one attached hydrogen (secondary N) is 1. The summed E-state index contributed by atoms with van der Waals surface area (Å²) in [5.74, 6) is 0. The fourth-order valence-electron chi connectivity index (χ4n) is 2.91. The summed E-state index contributed by atoms with van der Waals surface area (Å²) in [5.41, 5.74) is 8.90. The second-order valence-corrected chi connectivity index (χ2v) is 5.62. The van der Waals surface area contributed by atoms with Crippen LogP contribution in [0.5, 0.6) is 0 Å². The Kier molecular flexibility index (Phi) is 5.62. The third-order valence-corrected chi connectivity index (χ3v) is 3.73. The Morgan fingerprint density at radius 3 is 2.55 bits per heavy atom. The second-order valence-electron chi connectivity index (χ2n) is 5.62. The Morgan fingerprint density at radius 2 is 1.85 bits per heavy atom. The molecule has 0 aliphatic heterocycles. The van der Waals surface area contributed by atoms with E-state index >= 15 is 0 Å². The van der Waals surface area contributed by atoms with Crippen LogP contribution in [0.2, 0.25) is 0 Å². The number of aromatic nitrogens is 1. The third-order valence-electron chi connectivity index (χ3n) is 3.73. The summed E-state index contributed by atoms with van der Waals surface area (Å²) in [6.07, 6.45) is 5.43. The van der Waals surface area contributed by atoms with Crippen LogP contribution in [-0.2, 0) is 6.42 Å². The Morgan fingerprint density at radius 1 is 1.15 bits per heavy atom. The smallest absolute Gasteiger partial charge is 0.0456 e. The van der Waals surface area contributed by atoms with Crippen LogP contribution in [0.1, 0.15) is 32.3 Å². The highest BCUT2D eigenvalue weighted by molar-refractivity contribution is 5.83. The number of nitrogens with zero attached hydrogens (tertiary/aromatic N) is 1. The van der Waals surface area contributed by atoms with Crippen molar-refractivity contribution in [3.63, 3.8) is 0 Å². The van der Waals surface area contributed by atoms with Gasteiger partial charge in [0.15, 0.2) is 0 Å². The molecule has 0 unspecified atom stereocenters. The van der Waals surface area contributed by atoms with Gasteiger partial charge in [0.05, 0.1) is 0 Å². The standard InChI is InChI=1S/C17H27N3/c1-3-9-20(10-4-2)13-15(18)11-14-12-19-17-8-6-5-7-16(14)17/h5-8,12,15,19H,3-4,9-11,13,18H2,1-2H3/t15-/m0/s1. The van der Waals surface area contributed by atoms with Gasteiger partial charge in [-0.3, -0.25) is 0 Å². The SMILES string of the molecule is CCCN(CCC)C[C@@H](N)Cc1c[nH]c2ccccc12. The minimum absolute atomic E-state index is 0.201. The van der Waals surface area contributed by atoms with Crippen LogP contribution in [0.3, 0.4) is 0 Å². The molecular formula is C17H27N3. The summed E-state index contributed by atoms with van der Waals surface area (Å²) in [7, 11) is 0. The molecule has 3 heteroatoms. The molecule has 0 saturated heterocycles. The van der Waals surface area contributed by atoms with E-state index in [1.54, 1.807) is 0 Å². The molecule has 0 spiro atoms. The number of rotatable bonds is 8. The van der Waals surface area contributed by atoms with Gasteiger partial charge in [-0.25, -0.2) is 0 Å². The first-order valence-corrected chi connectivity index (χ1v) is 7.77. The summed E-state index contributed by atoms with van der Waals surface area (Å²) >= 11 is 0. The van der Waals surface area contributed by atoms with Gasteiger partial charge in [-0.15, -0.1) is 0 Å². The van der Waals surface area contributed by atoms with Crippen molar-refractivity contribution in [1.29, 1.82) is 0 Å². The summed E-state index contributed by atoms with van der Waals surface area (Å²) in [4.78, 5) is 5.81. The lowest BCUT2D eigenvalue weighted by molar-refractivity contribution is 0.257. The molecule has 0 saturated carbocycles. The Labute approximate surface area is 122 Å². The molecule has 3 nitrogen and oxygen atoms in total. The molecular weight excluding hydrogens is 246 g/mol. The molecule has 0 fully saturated rings. The maximum Gasteiger partial charge on any atom is 0.0456 e. The van der Waals surface area contributed by atoms with Gasteiger partial charge in [-0.2, -0.15) is 0 Å². The van der Waals surface area contributed by atoms with Gasteiger partial charge >= 0.3 is 0 Å². The molecule has 0 radical (unpaired) electrons. The van der Waals surface area contributed by atoms with Crippen LogP contribution in [0.25, 0.3) is 10.9 Å². The molecule has 1 aromatic heterocycles. The minimum Gasteiger partial charge on any atom is -0.361 e. The van der Waals surface area contributed by atoms with E-state index in [9.17, 15) is 0 Å². The van der Waals surface area contributed by atoms with Crippen LogP contribution in [0.15, 0.2) is 30.5 Å². The van der Waals surface area contributed by atoms with Crippen LogP contribution < -0.4 is 5.73 Å². The maximum atomic E-state index is 6.36. The molecule has 1 aromatic carbocycles. The van der Waals surface area contributed by atoms with Crippen LogP contribution in [-0.4, -0.2) is 35.6 Å². The van der Waals surface area contributed by atoms with Crippen molar-refractivity contribution in [2.45, 2.75) is 39.2 Å². The highest BCUT2D eigenvalue weighted by Gasteiger charge is 2.12. The largest absolute Gasteiger partial charge is 0.361 e. The third kappa shape index (κ3) is 3.84. The van der Waals surface area contributed by atoms with Gasteiger partial charge < -0.3 is 15.6 Å². The van der Waals surface area contributed by atoms with Crippen molar-refractivity contribution >= 4 is 10.9 Å². The van der Waals surface area contributed by atoms with Gasteiger partial charge in [0.1, 0.15) is 0 Å². The number of aromatic amines is 1. The van der Waals surface area contributed by atoms with Crippen molar-refractivity contribution in [3.05, 3.63) is 36.0 Å². The van der Waals surface area contributed by atoms with Gasteiger partial charge in [0.25, 0.3) is 0 Å². The number of H-pyrrole nitrogens is 1. The number of hydrogen-bond donors (Lipinski definition) is 2. The predicted octanol–water partition coefficient (Wildman–Crippen LogP) is 3.16. The molecule has 0 amide bonds. The lowest BCUT2D eigenvalue weighted by atomic mass is 10.1. The van der Waals surface area contributed by atoms with E-state index in [4.69, 9.17) is 5.73 Å². The Bertz CT molecular complexity index is 512. The second kappa shape index (κ2) is 7.46. The number of para-hydroxylation sites is 1. The minimum atomic E-state index is 0.201. The predicted molar refractivity (Wildman–Crippen MR) is 87.0 cm³/mol. The monoisotopic (exact) mass is 273 g/mol. The van der Waals surface area contributed by atoms with Crippen LogP contribution >= 0.6 is 0 Å². The molecule has 0 aliphatic carbocycles. The first kappa shape index (κ1) is 15.1. The number of benzene rings is 1. The van der Waals surface area contributed by atoms with Gasteiger partial charge in [0, 0.05) is 29.7 Å². The van der Waals surface area contributed by atoms with Crippen molar-refractivity contribution < 1.29 is 0 Å². The average molecular weight is 273 g/mol. The zero-order valence-corrected chi connectivity index (χ0v) is 12.7. The fraction of sp³-hybridized carbons (Fsp3) is 0.529. The van der Waals surface area contributed by atoms with Crippen molar-refractivity contribution in [2.24, 2.45) is 5.73 Å². The molecule has 0 bridgehead atoms. The van der Waals surface area contributed by atoms with E-state index < -0.39 is 0 Å². The molecule has 2 rings (SSSR count). The number of nitrogens with two attached hydrogens (primary N) is 1. The highest BCUT2D eigenvalue weighted by Crippen LogP contribution is 2.18. The topological polar surface area (TPSA) is 45.0 Å². The normalized spacial score (nSPS) is 13.2. The fourth-order valence-corrected chi connectivity index (χ4v) is 2.91. The molecule has 20 heavy (non-hydrogen) atoms. The zero-order valence-electron chi connectivity index (χ0n) is 12.7. The van der Waals surface area contributed by atoms with Crippen molar-refractivity contribution in [2.75, 3.05) is 19.6 Å². The van der Waals surface area contributed by atoms with Gasteiger partial charge in [-0.1, -0.05) is 32.0 Å². The first-order chi connectivity index (χ1) is 9.74. The molecule has 1 atom stereocenters. The summed E-state index contributed by atoms with van der Waals surface area (Å²) in [6.45, 7) is 7.74. The lowest BCUT2D eigenvalue weighted by Crippen LogP contribution is -2.39. The molecule has 1 heterocycles.